The average molecular weight is 1040 g/mol. The monoisotopic (exact) mass is 1040 g/mol. The Bertz CT molecular complexity index is 3390. The summed E-state index contributed by atoms with van der Waals surface area (Å²) >= 11 is 0. The molecular weight excluding hydrogens is 961 g/mol. The van der Waals surface area contributed by atoms with Gasteiger partial charge in [0.05, 0.1) is 5.41 Å². The summed E-state index contributed by atoms with van der Waals surface area (Å²) in [5, 5.41) is 0. The summed E-state index contributed by atoms with van der Waals surface area (Å²) in [5.41, 5.74) is 27.9. The first-order chi connectivity index (χ1) is 38.8. The molecule has 0 heterocycles. The summed E-state index contributed by atoms with van der Waals surface area (Å²) in [6, 6.07) is 89.7. The van der Waals surface area contributed by atoms with Gasteiger partial charge in [-0.05, 0) is 190 Å². The van der Waals surface area contributed by atoms with Crippen LogP contribution in [-0.4, -0.2) is 0 Å². The first-order valence-electron chi connectivity index (χ1n) is 29.5. The molecule has 15 rings (SSSR count). The van der Waals surface area contributed by atoms with Crippen LogP contribution < -0.4 is 0 Å². The molecule has 4 saturated carbocycles. The van der Waals surface area contributed by atoms with E-state index in [-0.39, 0.29) is 5.41 Å². The van der Waals surface area contributed by atoms with Crippen LogP contribution in [0.15, 0.2) is 243 Å². The fourth-order valence-electron chi connectivity index (χ4n) is 14.5. The smallest absolute Gasteiger partial charge is 0.0619 e. The van der Waals surface area contributed by atoms with Crippen LogP contribution in [0.2, 0.25) is 0 Å². The summed E-state index contributed by atoms with van der Waals surface area (Å²) in [6.07, 6.45) is 9.61. The van der Waals surface area contributed by atoms with Crippen LogP contribution in [0.25, 0.3) is 22.3 Å². The molecule has 0 nitrogen and oxygen atoms in total. The van der Waals surface area contributed by atoms with Gasteiger partial charge in [-0.25, -0.2) is 0 Å². The predicted molar refractivity (Wildman–Crippen MR) is 340 cm³/mol. The molecule has 10 aromatic rings. The van der Waals surface area contributed by atoms with E-state index in [0.29, 0.717) is 10.8 Å². The molecule has 10 aromatic carbocycles. The third-order valence-corrected chi connectivity index (χ3v) is 18.4. The third-order valence-electron chi connectivity index (χ3n) is 18.4. The van der Waals surface area contributed by atoms with Crippen LogP contribution >= 0.6 is 0 Å². The Morgan fingerprint density at radius 1 is 0.287 bits per heavy atom. The predicted octanol–water partition coefficient (Wildman–Crippen LogP) is 20.6. The fraction of sp³-hybridized carbons (Fsp3) is 0.250. The van der Waals surface area contributed by atoms with E-state index in [9.17, 15) is 0 Å². The number of hydrogen-bond donors (Lipinski definition) is 0. The molecule has 0 aromatic heterocycles. The minimum atomic E-state index is -0.269. The van der Waals surface area contributed by atoms with E-state index in [1.165, 1.54) is 139 Å². The molecular formula is C80H80. The maximum absolute atomic E-state index is 2.44. The third kappa shape index (κ3) is 11.3. The zero-order chi connectivity index (χ0) is 55.4. The van der Waals surface area contributed by atoms with Crippen LogP contribution in [-0.2, 0) is 22.7 Å². The van der Waals surface area contributed by atoms with Crippen molar-refractivity contribution in [1.82, 2.24) is 0 Å². The average Bonchev–Trinajstić information content (AvgIpc) is 3.89. The topological polar surface area (TPSA) is 0 Å². The molecule has 0 amide bonds. The van der Waals surface area contributed by atoms with Gasteiger partial charge in [-0.2, -0.15) is 0 Å². The number of fused-ring (bicyclic) bond motifs is 3. The number of aryl methyl sites for hydroxylation is 8. The maximum Gasteiger partial charge on any atom is 0.0713 e. The fourth-order valence-corrected chi connectivity index (χ4v) is 14.5. The van der Waals surface area contributed by atoms with Crippen molar-refractivity contribution < 1.29 is 0 Å². The van der Waals surface area contributed by atoms with Gasteiger partial charge < -0.3 is 0 Å². The minimum Gasteiger partial charge on any atom is -0.0619 e. The molecule has 80 heavy (non-hydrogen) atoms. The lowest BCUT2D eigenvalue weighted by Gasteiger charge is -2.63. The summed E-state index contributed by atoms with van der Waals surface area (Å²) in [4.78, 5) is 0. The highest BCUT2D eigenvalue weighted by atomic mass is 14.6. The van der Waals surface area contributed by atoms with Crippen molar-refractivity contribution in [2.24, 2.45) is 11.8 Å². The van der Waals surface area contributed by atoms with E-state index in [0.717, 1.165) is 18.3 Å². The van der Waals surface area contributed by atoms with Gasteiger partial charge in [-0.1, -0.05) is 287 Å². The SMILES string of the molecule is Cc1ccc(-c2ccc(C)cc2)cc1.Cc1ccc(C2(c3ccc(C)cc3)c3ccccc3-c3ccccc32)cc1.Cc1ccc(C23CC4CC(C2)CC(c2ccc(C)cc2)(C4)C3)cc1.Cc1ccc(Cc2ccc(C)cc2)cc1. The van der Waals surface area contributed by atoms with Gasteiger partial charge in [0.1, 0.15) is 0 Å². The molecule has 5 aliphatic carbocycles. The molecule has 400 valence electrons. The molecule has 0 unspecified atom stereocenters. The molecule has 0 heteroatoms. The molecule has 0 atom stereocenters. The first kappa shape index (κ1) is 54.2. The molecule has 0 aliphatic heterocycles. The Morgan fingerprint density at radius 2 is 0.550 bits per heavy atom. The standard InChI is InChI=1S/C27H22.C24H28.C15H16.C14H14/c1-19-11-15-21(16-12-19)27(22-17-13-20(2)14-18-22)25-9-5-3-7-23(25)24-8-4-6-10-26(24)27;1-17-3-7-21(8-4-17)23-12-19-11-20(13-23)15-24(14-19,16-23)22-9-5-18(2)6-10-22;1-12-3-7-14(8-4-12)11-15-9-5-13(2)6-10-15;1-11-3-7-13(8-4-11)14-9-5-12(2)6-10-14/h3-18H,1-2H3;3-10,19-20H,11-16H2,1-2H3;3-10H,11H2,1-2H3;3-10H,1-2H3. The Morgan fingerprint density at radius 3 is 0.863 bits per heavy atom. The second kappa shape index (κ2) is 23.1. The largest absolute Gasteiger partial charge is 0.0713 e. The van der Waals surface area contributed by atoms with Crippen LogP contribution in [0, 0.1) is 67.2 Å². The highest BCUT2D eigenvalue weighted by Crippen LogP contribution is 2.66. The lowest BCUT2D eigenvalue weighted by Crippen LogP contribution is -2.55. The van der Waals surface area contributed by atoms with Crippen LogP contribution in [0.5, 0.6) is 0 Å². The summed E-state index contributed by atoms with van der Waals surface area (Å²) in [6.45, 7) is 17.2. The normalized spacial score (nSPS) is 19.4. The summed E-state index contributed by atoms with van der Waals surface area (Å²) in [7, 11) is 0. The quantitative estimate of drug-likeness (QED) is 0.149. The maximum atomic E-state index is 2.44. The van der Waals surface area contributed by atoms with Crippen LogP contribution in [0.4, 0.5) is 0 Å². The van der Waals surface area contributed by atoms with Gasteiger partial charge in [0.15, 0.2) is 0 Å². The number of hydrogen-bond acceptors (Lipinski definition) is 0. The van der Waals surface area contributed by atoms with Crippen molar-refractivity contribution in [2.45, 2.75) is 117 Å². The molecule has 0 saturated heterocycles. The molecule has 0 N–H and O–H groups in total. The lowest BCUT2D eigenvalue weighted by molar-refractivity contribution is -0.0281. The first-order valence-corrected chi connectivity index (χ1v) is 29.5. The van der Waals surface area contributed by atoms with Crippen LogP contribution in [0.3, 0.4) is 0 Å². The second-order valence-corrected chi connectivity index (χ2v) is 24.7. The Balaban J connectivity index is 0.000000117. The molecule has 0 spiro atoms. The van der Waals surface area contributed by atoms with E-state index < -0.39 is 0 Å². The highest BCUT2D eigenvalue weighted by molar-refractivity contribution is 5.86. The van der Waals surface area contributed by atoms with Gasteiger partial charge in [-0.3, -0.25) is 0 Å². The van der Waals surface area contributed by atoms with Crippen molar-refractivity contribution in [3.8, 4) is 22.3 Å². The van der Waals surface area contributed by atoms with E-state index in [1.807, 2.05) is 0 Å². The van der Waals surface area contributed by atoms with Crippen molar-refractivity contribution in [3.63, 3.8) is 0 Å². The highest BCUT2D eigenvalue weighted by Gasteiger charge is 2.58. The minimum absolute atomic E-state index is 0.269. The zero-order valence-electron chi connectivity index (χ0n) is 48.7. The van der Waals surface area contributed by atoms with Gasteiger partial charge in [0.2, 0.25) is 0 Å². The zero-order valence-corrected chi connectivity index (χ0v) is 48.7. The molecule has 0 radical (unpaired) electrons. The second-order valence-electron chi connectivity index (χ2n) is 24.7. The Labute approximate surface area is 479 Å². The van der Waals surface area contributed by atoms with E-state index >= 15 is 0 Å². The summed E-state index contributed by atoms with van der Waals surface area (Å²) in [5.74, 6) is 1.88. The number of rotatable bonds is 7. The summed E-state index contributed by atoms with van der Waals surface area (Å²) < 4.78 is 0. The van der Waals surface area contributed by atoms with Crippen molar-refractivity contribution in [2.75, 3.05) is 0 Å². The number of benzene rings is 10. The van der Waals surface area contributed by atoms with Crippen molar-refractivity contribution >= 4 is 0 Å². The van der Waals surface area contributed by atoms with Gasteiger partial charge in [0.25, 0.3) is 0 Å². The van der Waals surface area contributed by atoms with E-state index in [1.54, 1.807) is 11.1 Å². The van der Waals surface area contributed by atoms with Crippen LogP contribution in [0.1, 0.15) is 128 Å². The van der Waals surface area contributed by atoms with Gasteiger partial charge in [-0.15, -0.1) is 0 Å². The van der Waals surface area contributed by atoms with Gasteiger partial charge >= 0.3 is 0 Å². The van der Waals surface area contributed by atoms with E-state index in [4.69, 9.17) is 0 Å². The van der Waals surface area contributed by atoms with E-state index in [2.05, 4.69) is 298 Å². The van der Waals surface area contributed by atoms with Crippen molar-refractivity contribution in [3.05, 3.63) is 332 Å². The molecule has 4 bridgehead atoms. The van der Waals surface area contributed by atoms with Gasteiger partial charge in [0, 0.05) is 0 Å². The molecule has 4 fully saturated rings. The van der Waals surface area contributed by atoms with Crippen molar-refractivity contribution in [1.29, 1.82) is 0 Å². The Hall–Kier alpha value is -7.80. The molecule has 5 aliphatic rings. The Kier molecular flexibility index (Phi) is 15.7. The lowest BCUT2D eigenvalue weighted by atomic mass is 9.41.